The SMILES string of the molecule is CS(=O)(=O)N(CC(=O)Nc1ccc(I)cc1)Cc1ccccc1. The van der Waals surface area contributed by atoms with Crippen molar-refractivity contribution in [3.63, 3.8) is 0 Å². The third-order valence-corrected chi connectivity index (χ3v) is 5.03. The van der Waals surface area contributed by atoms with Gasteiger partial charge in [-0.25, -0.2) is 8.42 Å². The maximum Gasteiger partial charge on any atom is 0.239 e. The van der Waals surface area contributed by atoms with Gasteiger partial charge in [-0.15, -0.1) is 0 Å². The molecule has 0 atom stereocenters. The topological polar surface area (TPSA) is 66.5 Å². The van der Waals surface area contributed by atoms with E-state index in [-0.39, 0.29) is 19.0 Å². The predicted octanol–water partition coefficient (Wildman–Crippen LogP) is 2.69. The number of nitrogens with one attached hydrogen (secondary N) is 1. The van der Waals surface area contributed by atoms with Gasteiger partial charge in [-0.05, 0) is 52.4 Å². The maximum atomic E-state index is 12.1. The number of sulfonamides is 1. The minimum absolute atomic E-state index is 0.166. The Labute approximate surface area is 149 Å². The van der Waals surface area contributed by atoms with Crippen molar-refractivity contribution in [2.24, 2.45) is 0 Å². The van der Waals surface area contributed by atoms with Gasteiger partial charge in [0, 0.05) is 15.8 Å². The molecular weight excluding hydrogens is 427 g/mol. The van der Waals surface area contributed by atoms with E-state index in [9.17, 15) is 13.2 Å². The van der Waals surface area contributed by atoms with Crippen LogP contribution >= 0.6 is 22.6 Å². The molecule has 0 unspecified atom stereocenters. The lowest BCUT2D eigenvalue weighted by Gasteiger charge is -2.19. The zero-order valence-corrected chi connectivity index (χ0v) is 15.5. The molecule has 23 heavy (non-hydrogen) atoms. The summed E-state index contributed by atoms with van der Waals surface area (Å²) in [5.41, 5.74) is 1.48. The summed E-state index contributed by atoms with van der Waals surface area (Å²) in [6.45, 7) is -0.0561. The van der Waals surface area contributed by atoms with Gasteiger partial charge in [0.15, 0.2) is 0 Å². The lowest BCUT2D eigenvalue weighted by molar-refractivity contribution is -0.116. The van der Waals surface area contributed by atoms with Crippen molar-refractivity contribution in [3.05, 3.63) is 63.7 Å². The molecule has 1 amide bonds. The van der Waals surface area contributed by atoms with Crippen LogP contribution in [0, 0.1) is 3.57 Å². The van der Waals surface area contributed by atoms with Gasteiger partial charge < -0.3 is 5.32 Å². The molecule has 0 aliphatic heterocycles. The van der Waals surface area contributed by atoms with Crippen molar-refractivity contribution in [1.82, 2.24) is 4.31 Å². The summed E-state index contributed by atoms with van der Waals surface area (Å²) in [5, 5.41) is 2.71. The van der Waals surface area contributed by atoms with Gasteiger partial charge in [0.25, 0.3) is 0 Å². The van der Waals surface area contributed by atoms with E-state index < -0.39 is 10.0 Å². The van der Waals surface area contributed by atoms with Crippen molar-refractivity contribution >= 4 is 44.2 Å². The van der Waals surface area contributed by atoms with Crippen LogP contribution in [0.25, 0.3) is 0 Å². The van der Waals surface area contributed by atoms with Gasteiger partial charge >= 0.3 is 0 Å². The van der Waals surface area contributed by atoms with Crippen LogP contribution in [0.15, 0.2) is 54.6 Å². The Morgan fingerprint density at radius 1 is 1.09 bits per heavy atom. The van der Waals surface area contributed by atoms with Crippen LogP contribution in [-0.2, 0) is 21.4 Å². The van der Waals surface area contributed by atoms with E-state index in [1.165, 1.54) is 0 Å². The molecule has 2 rings (SSSR count). The first-order valence-electron chi connectivity index (χ1n) is 6.89. The molecule has 0 radical (unpaired) electrons. The monoisotopic (exact) mass is 444 g/mol. The van der Waals surface area contributed by atoms with E-state index in [0.29, 0.717) is 5.69 Å². The van der Waals surface area contributed by atoms with E-state index in [2.05, 4.69) is 27.9 Å². The standard InChI is InChI=1S/C16H17IN2O3S/c1-23(21,22)19(11-13-5-3-2-4-6-13)12-16(20)18-15-9-7-14(17)8-10-15/h2-10H,11-12H2,1H3,(H,18,20). The van der Waals surface area contributed by atoms with E-state index in [1.54, 1.807) is 12.1 Å². The molecule has 122 valence electrons. The Bertz CT molecular complexity index is 762. The quantitative estimate of drug-likeness (QED) is 0.697. The highest BCUT2D eigenvalue weighted by atomic mass is 127. The summed E-state index contributed by atoms with van der Waals surface area (Å²) in [6.07, 6.45) is 1.11. The fraction of sp³-hybridized carbons (Fsp3) is 0.188. The third kappa shape index (κ3) is 5.92. The molecule has 2 aromatic rings. The highest BCUT2D eigenvalue weighted by molar-refractivity contribution is 14.1. The Morgan fingerprint density at radius 2 is 1.70 bits per heavy atom. The molecule has 0 saturated carbocycles. The molecule has 7 heteroatoms. The van der Waals surface area contributed by atoms with E-state index >= 15 is 0 Å². The molecule has 0 heterocycles. The number of rotatable bonds is 6. The van der Waals surface area contributed by atoms with Gasteiger partial charge in [0.05, 0.1) is 12.8 Å². The maximum absolute atomic E-state index is 12.1. The van der Waals surface area contributed by atoms with Gasteiger partial charge in [0.1, 0.15) is 0 Å². The van der Waals surface area contributed by atoms with Crippen molar-refractivity contribution < 1.29 is 13.2 Å². The van der Waals surface area contributed by atoms with E-state index in [1.807, 2.05) is 42.5 Å². The first-order valence-corrected chi connectivity index (χ1v) is 9.82. The van der Waals surface area contributed by atoms with Crippen molar-refractivity contribution in [3.8, 4) is 0 Å². The zero-order valence-electron chi connectivity index (χ0n) is 12.6. The second-order valence-electron chi connectivity index (χ2n) is 5.07. The molecule has 5 nitrogen and oxygen atoms in total. The number of halogens is 1. The molecule has 0 bridgehead atoms. The van der Waals surface area contributed by atoms with Crippen LogP contribution in [0.4, 0.5) is 5.69 Å². The second kappa shape index (κ2) is 7.89. The zero-order chi connectivity index (χ0) is 16.9. The summed E-state index contributed by atoms with van der Waals surface area (Å²) in [6, 6.07) is 16.5. The average Bonchev–Trinajstić information content (AvgIpc) is 2.49. The fourth-order valence-electron chi connectivity index (χ4n) is 1.97. The molecule has 0 aliphatic carbocycles. The largest absolute Gasteiger partial charge is 0.325 e. The first-order chi connectivity index (χ1) is 10.8. The number of hydrogen-bond donors (Lipinski definition) is 1. The Kier molecular flexibility index (Phi) is 6.14. The van der Waals surface area contributed by atoms with Gasteiger partial charge in [-0.2, -0.15) is 4.31 Å². The number of amides is 1. The Balaban J connectivity index is 2.05. The number of carbonyl (C=O) groups excluding carboxylic acids is 1. The summed E-state index contributed by atoms with van der Waals surface area (Å²) >= 11 is 2.17. The summed E-state index contributed by atoms with van der Waals surface area (Å²) in [5.74, 6) is -0.368. The minimum atomic E-state index is -3.49. The van der Waals surface area contributed by atoms with Crippen molar-refractivity contribution in [2.75, 3.05) is 18.1 Å². The normalized spacial score (nSPS) is 11.4. The van der Waals surface area contributed by atoms with Crippen molar-refractivity contribution in [2.45, 2.75) is 6.54 Å². The van der Waals surface area contributed by atoms with Crippen molar-refractivity contribution in [1.29, 1.82) is 0 Å². The van der Waals surface area contributed by atoms with Crippen LogP contribution in [0.1, 0.15) is 5.56 Å². The van der Waals surface area contributed by atoms with Crippen LogP contribution < -0.4 is 5.32 Å². The average molecular weight is 444 g/mol. The summed E-state index contributed by atoms with van der Waals surface area (Å²) in [4.78, 5) is 12.1. The highest BCUT2D eigenvalue weighted by Crippen LogP contribution is 2.12. The van der Waals surface area contributed by atoms with Gasteiger partial charge in [-0.1, -0.05) is 30.3 Å². The molecule has 0 aromatic heterocycles. The predicted molar refractivity (Wildman–Crippen MR) is 99.5 cm³/mol. The second-order valence-corrected chi connectivity index (χ2v) is 8.30. The molecule has 2 aromatic carbocycles. The number of hydrogen-bond acceptors (Lipinski definition) is 3. The third-order valence-electron chi connectivity index (χ3n) is 3.12. The Hall–Kier alpha value is -1.45. The van der Waals surface area contributed by atoms with Crippen LogP contribution in [0.2, 0.25) is 0 Å². The smallest absolute Gasteiger partial charge is 0.239 e. The fourth-order valence-corrected chi connectivity index (χ4v) is 3.07. The molecule has 1 N–H and O–H groups in total. The first kappa shape index (κ1) is 17.9. The van der Waals surface area contributed by atoms with Crippen LogP contribution in [0.3, 0.4) is 0 Å². The molecule has 0 spiro atoms. The number of carbonyl (C=O) groups is 1. The number of nitrogens with zero attached hydrogens (tertiary/aromatic N) is 1. The summed E-state index contributed by atoms with van der Waals surface area (Å²) in [7, 11) is -3.49. The molecule has 0 fully saturated rings. The van der Waals surface area contributed by atoms with Gasteiger partial charge in [0.2, 0.25) is 15.9 Å². The van der Waals surface area contributed by atoms with Crippen LogP contribution in [0.5, 0.6) is 0 Å². The minimum Gasteiger partial charge on any atom is -0.325 e. The van der Waals surface area contributed by atoms with E-state index in [0.717, 1.165) is 19.7 Å². The van der Waals surface area contributed by atoms with Crippen LogP contribution in [-0.4, -0.2) is 31.4 Å². The molecular formula is C16H17IN2O3S. The molecule has 0 aliphatic rings. The molecule has 0 saturated heterocycles. The lowest BCUT2D eigenvalue weighted by atomic mass is 10.2. The lowest BCUT2D eigenvalue weighted by Crippen LogP contribution is -2.36. The van der Waals surface area contributed by atoms with E-state index in [4.69, 9.17) is 0 Å². The highest BCUT2D eigenvalue weighted by Gasteiger charge is 2.20. The number of benzene rings is 2. The number of anilines is 1. The summed E-state index contributed by atoms with van der Waals surface area (Å²) < 4.78 is 26.0. The van der Waals surface area contributed by atoms with Gasteiger partial charge in [-0.3, -0.25) is 4.79 Å². The Morgan fingerprint density at radius 3 is 2.26 bits per heavy atom.